The number of rotatable bonds is 6. The molecule has 1 atom stereocenters. The molecule has 1 spiro atoms. The summed E-state index contributed by atoms with van der Waals surface area (Å²) in [6.45, 7) is 14.8. The quantitative estimate of drug-likeness (QED) is 0.392. The molecule has 180 valence electrons. The third-order valence-electron chi connectivity index (χ3n) is 8.12. The summed E-state index contributed by atoms with van der Waals surface area (Å²) in [5.74, 6) is 1.06. The van der Waals surface area contributed by atoms with Crippen LogP contribution in [0.1, 0.15) is 84.3 Å². The van der Waals surface area contributed by atoms with Crippen molar-refractivity contribution in [3.05, 3.63) is 57.8 Å². The summed E-state index contributed by atoms with van der Waals surface area (Å²) in [5, 5.41) is 1.15. The van der Waals surface area contributed by atoms with E-state index in [9.17, 15) is 4.79 Å². The predicted octanol–water partition coefficient (Wildman–Crippen LogP) is 7.20. The van der Waals surface area contributed by atoms with Crippen molar-refractivity contribution in [2.45, 2.75) is 92.3 Å². The Morgan fingerprint density at radius 2 is 1.53 bits per heavy atom. The molecule has 4 nitrogen and oxygen atoms in total. The Labute approximate surface area is 203 Å². The Morgan fingerprint density at radius 1 is 0.882 bits per heavy atom. The average Bonchev–Trinajstić information content (AvgIpc) is 3.21. The normalized spacial score (nSPS) is 19.1. The highest BCUT2D eigenvalue weighted by molar-refractivity contribution is 6.14. The maximum absolute atomic E-state index is 14.1. The number of anilines is 1. The molecule has 2 aromatic carbocycles. The van der Waals surface area contributed by atoms with Crippen LogP contribution in [0.3, 0.4) is 0 Å². The second-order valence-corrected chi connectivity index (χ2v) is 10.4. The van der Waals surface area contributed by atoms with Crippen LogP contribution in [-0.4, -0.2) is 22.6 Å². The lowest BCUT2D eigenvalue weighted by Gasteiger charge is -2.41. The smallest absolute Gasteiger partial charge is 0.247 e. The standard InChI is InChI=1S/C30H38N2O2/c1-7-9-13-31-25-11-12-30(34-28(25)23-15-19(3)21(5)17-26(23)31)29(33)24-16-20(4)22(6)18-27(24)32(30)14-10-8-2/h15-18H,7-14H2,1-6H3. The number of aryl methyl sites for hydroxylation is 5. The zero-order chi connectivity index (χ0) is 24.2. The molecule has 0 fully saturated rings. The third-order valence-corrected chi connectivity index (χ3v) is 8.12. The van der Waals surface area contributed by atoms with E-state index in [1.54, 1.807) is 0 Å². The highest BCUT2D eigenvalue weighted by Crippen LogP contribution is 2.49. The zero-order valence-corrected chi connectivity index (χ0v) is 21.7. The highest BCUT2D eigenvalue weighted by atomic mass is 16.5. The number of unbranched alkanes of at least 4 members (excludes halogenated alkanes) is 2. The van der Waals surface area contributed by atoms with Crippen LogP contribution >= 0.6 is 0 Å². The van der Waals surface area contributed by atoms with E-state index in [0.29, 0.717) is 6.42 Å². The summed E-state index contributed by atoms with van der Waals surface area (Å²) in [6.07, 6.45) is 5.96. The molecule has 0 amide bonds. The molecule has 34 heavy (non-hydrogen) atoms. The summed E-state index contributed by atoms with van der Waals surface area (Å²) in [4.78, 5) is 16.4. The first-order valence-corrected chi connectivity index (χ1v) is 13.1. The summed E-state index contributed by atoms with van der Waals surface area (Å²) in [6, 6.07) is 8.85. The molecule has 5 rings (SSSR count). The molecule has 0 saturated carbocycles. The van der Waals surface area contributed by atoms with Gasteiger partial charge >= 0.3 is 0 Å². The number of aromatic nitrogens is 1. The molecule has 0 saturated heterocycles. The third kappa shape index (κ3) is 3.29. The Balaban J connectivity index is 1.68. The molecule has 1 aromatic heterocycles. The molecular weight excluding hydrogens is 420 g/mol. The Morgan fingerprint density at radius 3 is 2.26 bits per heavy atom. The molecule has 3 aromatic rings. The van der Waals surface area contributed by atoms with Gasteiger partial charge in [0.15, 0.2) is 5.75 Å². The van der Waals surface area contributed by atoms with Gasteiger partial charge in [0.1, 0.15) is 0 Å². The van der Waals surface area contributed by atoms with Crippen molar-refractivity contribution in [1.29, 1.82) is 0 Å². The number of hydrogen-bond acceptors (Lipinski definition) is 3. The van der Waals surface area contributed by atoms with E-state index in [4.69, 9.17) is 4.74 Å². The second kappa shape index (κ2) is 8.48. The summed E-state index contributed by atoms with van der Waals surface area (Å²) >= 11 is 0. The highest BCUT2D eigenvalue weighted by Gasteiger charge is 2.55. The van der Waals surface area contributed by atoms with Crippen LogP contribution in [-0.2, 0) is 13.0 Å². The fourth-order valence-corrected chi connectivity index (χ4v) is 5.77. The molecule has 0 aliphatic carbocycles. The van der Waals surface area contributed by atoms with Crippen molar-refractivity contribution < 1.29 is 9.53 Å². The van der Waals surface area contributed by atoms with Crippen molar-refractivity contribution in [3.63, 3.8) is 0 Å². The van der Waals surface area contributed by atoms with E-state index in [-0.39, 0.29) is 5.78 Å². The maximum atomic E-state index is 14.1. The molecule has 0 N–H and O–H groups in total. The number of ketones is 1. The predicted molar refractivity (Wildman–Crippen MR) is 141 cm³/mol. The number of ether oxygens (including phenoxy) is 1. The first kappa shape index (κ1) is 23.0. The van der Waals surface area contributed by atoms with Crippen LogP contribution in [0, 0.1) is 27.7 Å². The maximum Gasteiger partial charge on any atom is 0.247 e. The van der Waals surface area contributed by atoms with Crippen molar-refractivity contribution in [2.75, 3.05) is 11.4 Å². The molecule has 2 aliphatic rings. The lowest BCUT2D eigenvalue weighted by molar-refractivity contribution is 0.0377. The Kier molecular flexibility index (Phi) is 5.74. The van der Waals surface area contributed by atoms with E-state index in [1.807, 2.05) is 0 Å². The van der Waals surface area contributed by atoms with Gasteiger partial charge in [-0.15, -0.1) is 0 Å². The number of fused-ring (bicyclic) bond motifs is 4. The van der Waals surface area contributed by atoms with Crippen molar-refractivity contribution in [3.8, 4) is 5.75 Å². The van der Waals surface area contributed by atoms with Gasteiger partial charge in [-0.25, -0.2) is 0 Å². The van der Waals surface area contributed by atoms with Gasteiger partial charge in [-0.05, 0) is 93.5 Å². The van der Waals surface area contributed by atoms with Crippen molar-refractivity contribution in [1.82, 2.24) is 4.57 Å². The van der Waals surface area contributed by atoms with Gasteiger partial charge < -0.3 is 14.2 Å². The zero-order valence-electron chi connectivity index (χ0n) is 21.7. The lowest BCUT2D eigenvalue weighted by atomic mass is 9.94. The summed E-state index contributed by atoms with van der Waals surface area (Å²) in [7, 11) is 0. The van der Waals surface area contributed by atoms with Crippen molar-refractivity contribution in [2.24, 2.45) is 0 Å². The summed E-state index contributed by atoms with van der Waals surface area (Å²) < 4.78 is 9.45. The number of benzene rings is 2. The molecule has 2 aliphatic heterocycles. The minimum Gasteiger partial charge on any atom is -0.458 e. The minimum absolute atomic E-state index is 0.130. The largest absolute Gasteiger partial charge is 0.458 e. The molecule has 3 heterocycles. The van der Waals surface area contributed by atoms with Gasteiger partial charge in [0.25, 0.3) is 0 Å². The first-order chi connectivity index (χ1) is 16.3. The van der Waals surface area contributed by atoms with Crippen LogP contribution in [0.25, 0.3) is 10.9 Å². The van der Waals surface area contributed by atoms with E-state index in [1.165, 1.54) is 33.5 Å². The molecule has 4 heteroatoms. The fourth-order valence-electron chi connectivity index (χ4n) is 5.77. The number of hydrogen-bond donors (Lipinski definition) is 0. The van der Waals surface area contributed by atoms with E-state index in [0.717, 1.165) is 67.6 Å². The first-order valence-electron chi connectivity index (χ1n) is 13.1. The van der Waals surface area contributed by atoms with Gasteiger partial charge in [-0.2, -0.15) is 0 Å². The van der Waals surface area contributed by atoms with Gasteiger partial charge in [-0.1, -0.05) is 26.7 Å². The molecular formula is C30H38N2O2. The number of nitrogens with zero attached hydrogens (tertiary/aromatic N) is 2. The van der Waals surface area contributed by atoms with Crippen LogP contribution in [0.15, 0.2) is 24.3 Å². The number of carbonyl (C=O) groups is 1. The monoisotopic (exact) mass is 458 g/mol. The second-order valence-electron chi connectivity index (χ2n) is 10.4. The van der Waals surface area contributed by atoms with Gasteiger partial charge in [0.2, 0.25) is 11.5 Å². The van der Waals surface area contributed by atoms with Crippen LogP contribution in [0.2, 0.25) is 0 Å². The molecule has 0 bridgehead atoms. The van der Waals surface area contributed by atoms with Crippen LogP contribution in [0.5, 0.6) is 5.75 Å². The number of carbonyl (C=O) groups excluding carboxylic acids is 1. The lowest BCUT2D eigenvalue weighted by Crippen LogP contribution is -2.57. The number of Topliss-reactive ketones (excluding diaryl/α,β-unsaturated/α-hetero) is 1. The van der Waals surface area contributed by atoms with Gasteiger partial charge in [-0.3, -0.25) is 4.79 Å². The SMILES string of the molecule is CCCCN1c2cc(C)c(C)cc2C(=O)C12CCc1c(c3cc(C)c(C)cc3n1CCCC)O2. The Bertz CT molecular complexity index is 1290. The van der Waals surface area contributed by atoms with E-state index < -0.39 is 5.72 Å². The van der Waals surface area contributed by atoms with Gasteiger partial charge in [0, 0.05) is 30.5 Å². The molecule has 0 radical (unpaired) electrons. The summed E-state index contributed by atoms with van der Waals surface area (Å²) in [5.41, 5.74) is 8.39. The van der Waals surface area contributed by atoms with Crippen LogP contribution in [0.4, 0.5) is 5.69 Å². The Hall–Kier alpha value is -2.75. The molecule has 1 unspecified atom stereocenters. The topological polar surface area (TPSA) is 34.5 Å². The average molecular weight is 459 g/mol. The van der Waals surface area contributed by atoms with Gasteiger partial charge in [0.05, 0.1) is 16.9 Å². The minimum atomic E-state index is -0.937. The van der Waals surface area contributed by atoms with E-state index >= 15 is 0 Å². The van der Waals surface area contributed by atoms with Crippen molar-refractivity contribution >= 4 is 22.4 Å². The van der Waals surface area contributed by atoms with Crippen LogP contribution < -0.4 is 9.64 Å². The fraction of sp³-hybridized carbons (Fsp3) is 0.500. The van der Waals surface area contributed by atoms with E-state index in [2.05, 4.69) is 75.3 Å².